The zero-order valence-corrected chi connectivity index (χ0v) is 21.6. The van der Waals surface area contributed by atoms with Crippen molar-refractivity contribution in [3.63, 3.8) is 0 Å². The Bertz CT molecular complexity index is 1170. The highest BCUT2D eigenvalue weighted by Gasteiger charge is 2.62. The molecule has 4 rings (SSSR count). The van der Waals surface area contributed by atoms with Gasteiger partial charge in [0.2, 0.25) is 5.91 Å². The van der Waals surface area contributed by atoms with Crippen molar-refractivity contribution in [1.82, 2.24) is 4.90 Å². The number of benzene rings is 2. The van der Waals surface area contributed by atoms with E-state index in [2.05, 4.69) is 6.58 Å². The number of carbonyl (C=O) groups is 2. The Kier molecular flexibility index (Phi) is 8.29. The summed E-state index contributed by atoms with van der Waals surface area (Å²) < 4.78 is 36.5. The summed E-state index contributed by atoms with van der Waals surface area (Å²) in [5.74, 6) is -2.65. The minimum atomic E-state index is -4.31. The molecule has 1 fully saturated rings. The first-order valence-corrected chi connectivity index (χ1v) is 13.4. The average Bonchev–Trinajstić information content (AvgIpc) is 3.13. The number of rotatable bonds is 12. The minimum absolute atomic E-state index is 0.0416. The number of phosphoric ester groups is 1. The van der Waals surface area contributed by atoms with Gasteiger partial charge < -0.3 is 14.4 Å². The van der Waals surface area contributed by atoms with E-state index in [1.165, 1.54) is 17.9 Å². The van der Waals surface area contributed by atoms with Crippen LogP contribution in [0.4, 0.5) is 0 Å². The maximum atomic E-state index is 14.0. The standard InChI is InChI=1S/C27H30NO8P/c1-4-15-33-27(31)24-25(18(2)23-22(19(3)29)26(30)28(23)24)36-37(32,34-16-20-11-7-5-8-12-20)35-17-21-13-9-6-10-14-21/h4-14,18-19,22-23,29H,1,15-17H2,2-3H3/t18-,19-,22-,23-/m1/s1. The van der Waals surface area contributed by atoms with Crippen LogP contribution in [0.15, 0.2) is 84.8 Å². The summed E-state index contributed by atoms with van der Waals surface area (Å²) in [6.45, 7) is 6.52. The Balaban J connectivity index is 1.66. The van der Waals surface area contributed by atoms with Crippen molar-refractivity contribution in [2.75, 3.05) is 6.61 Å². The summed E-state index contributed by atoms with van der Waals surface area (Å²) in [7, 11) is -4.31. The van der Waals surface area contributed by atoms with Crippen LogP contribution in [0.25, 0.3) is 0 Å². The Morgan fingerprint density at radius 1 is 1.08 bits per heavy atom. The van der Waals surface area contributed by atoms with Crippen molar-refractivity contribution in [2.24, 2.45) is 11.8 Å². The number of phosphoric acid groups is 1. The summed E-state index contributed by atoms with van der Waals surface area (Å²) in [4.78, 5) is 27.1. The fourth-order valence-corrected chi connectivity index (χ4v) is 5.79. The molecular formula is C27H30NO8P. The van der Waals surface area contributed by atoms with Gasteiger partial charge in [-0.1, -0.05) is 80.2 Å². The van der Waals surface area contributed by atoms with E-state index in [1.807, 2.05) is 36.4 Å². The van der Waals surface area contributed by atoms with E-state index >= 15 is 0 Å². The van der Waals surface area contributed by atoms with Gasteiger partial charge in [-0.15, -0.1) is 0 Å². The van der Waals surface area contributed by atoms with Crippen LogP contribution in [0.5, 0.6) is 0 Å². The van der Waals surface area contributed by atoms with Gasteiger partial charge in [-0.05, 0) is 18.1 Å². The van der Waals surface area contributed by atoms with E-state index in [-0.39, 0.29) is 31.3 Å². The second-order valence-electron chi connectivity index (χ2n) is 8.91. The molecular weight excluding hydrogens is 497 g/mol. The topological polar surface area (TPSA) is 112 Å². The molecule has 37 heavy (non-hydrogen) atoms. The van der Waals surface area contributed by atoms with Gasteiger partial charge in [-0.3, -0.25) is 18.7 Å². The van der Waals surface area contributed by atoms with E-state index in [4.69, 9.17) is 18.3 Å². The molecule has 0 unspecified atom stereocenters. The van der Waals surface area contributed by atoms with E-state index in [0.717, 1.165) is 11.1 Å². The molecule has 10 heteroatoms. The van der Waals surface area contributed by atoms with Gasteiger partial charge in [0.25, 0.3) is 0 Å². The van der Waals surface area contributed by atoms with E-state index in [1.54, 1.807) is 31.2 Å². The second kappa shape index (κ2) is 11.4. The highest BCUT2D eigenvalue weighted by molar-refractivity contribution is 7.48. The third-order valence-electron chi connectivity index (χ3n) is 6.31. The first-order valence-electron chi connectivity index (χ1n) is 12.0. The van der Waals surface area contributed by atoms with Gasteiger partial charge in [0.05, 0.1) is 31.3 Å². The summed E-state index contributed by atoms with van der Waals surface area (Å²) >= 11 is 0. The van der Waals surface area contributed by atoms with Crippen LogP contribution in [0.3, 0.4) is 0 Å². The number of nitrogens with zero attached hydrogens (tertiary/aromatic N) is 1. The maximum Gasteiger partial charge on any atom is 0.530 e. The lowest BCUT2D eigenvalue weighted by Crippen LogP contribution is -2.63. The Hall–Kier alpha value is -3.23. The van der Waals surface area contributed by atoms with Gasteiger partial charge in [-0.2, -0.15) is 0 Å². The third kappa shape index (κ3) is 5.70. The molecule has 0 aromatic heterocycles. The van der Waals surface area contributed by atoms with Crippen molar-refractivity contribution in [1.29, 1.82) is 0 Å². The summed E-state index contributed by atoms with van der Waals surface area (Å²) in [5, 5.41) is 10.2. The number of β-lactam (4-membered cyclic amide) rings is 1. The number of ether oxygens (including phenoxy) is 1. The van der Waals surface area contributed by atoms with Crippen LogP contribution in [0, 0.1) is 11.8 Å². The zero-order valence-electron chi connectivity index (χ0n) is 20.7. The molecule has 0 radical (unpaired) electrons. The minimum Gasteiger partial charge on any atom is -0.457 e. The molecule has 0 bridgehead atoms. The number of hydrogen-bond acceptors (Lipinski definition) is 8. The van der Waals surface area contributed by atoms with E-state index in [0.29, 0.717) is 0 Å². The lowest BCUT2D eigenvalue weighted by molar-refractivity contribution is -0.164. The summed E-state index contributed by atoms with van der Waals surface area (Å²) in [6, 6.07) is 17.6. The van der Waals surface area contributed by atoms with Gasteiger partial charge in [0, 0.05) is 5.92 Å². The highest BCUT2D eigenvalue weighted by atomic mass is 31.2. The molecule has 4 atom stereocenters. The molecule has 2 aliphatic heterocycles. The van der Waals surface area contributed by atoms with Gasteiger partial charge in [-0.25, -0.2) is 9.36 Å². The van der Waals surface area contributed by atoms with Gasteiger partial charge in [0.15, 0.2) is 5.70 Å². The summed E-state index contributed by atoms with van der Waals surface area (Å²) in [6.07, 6.45) is 0.443. The lowest BCUT2D eigenvalue weighted by atomic mass is 9.79. The molecule has 2 heterocycles. The predicted octanol–water partition coefficient (Wildman–Crippen LogP) is 4.34. The first-order chi connectivity index (χ1) is 17.8. The number of aliphatic hydroxyl groups is 1. The van der Waals surface area contributed by atoms with Crippen LogP contribution >= 0.6 is 7.82 Å². The fourth-order valence-electron chi connectivity index (χ4n) is 4.50. The number of aliphatic hydroxyl groups excluding tert-OH is 1. The second-order valence-corrected chi connectivity index (χ2v) is 10.5. The molecule has 1 N–H and O–H groups in total. The Labute approximate surface area is 215 Å². The molecule has 2 aromatic carbocycles. The fraction of sp³-hybridized carbons (Fsp3) is 0.333. The lowest BCUT2D eigenvalue weighted by Gasteiger charge is -2.46. The Morgan fingerprint density at radius 3 is 2.11 bits per heavy atom. The van der Waals surface area contributed by atoms with E-state index < -0.39 is 43.7 Å². The molecule has 9 nitrogen and oxygen atoms in total. The Morgan fingerprint density at radius 2 is 1.62 bits per heavy atom. The predicted molar refractivity (Wildman–Crippen MR) is 134 cm³/mol. The average molecular weight is 528 g/mol. The molecule has 0 spiro atoms. The highest BCUT2D eigenvalue weighted by Crippen LogP contribution is 2.58. The van der Waals surface area contributed by atoms with Crippen LogP contribution in [-0.2, 0) is 45.7 Å². The van der Waals surface area contributed by atoms with Crippen LogP contribution < -0.4 is 0 Å². The van der Waals surface area contributed by atoms with Crippen molar-refractivity contribution in [3.8, 4) is 0 Å². The number of amides is 1. The third-order valence-corrected chi connectivity index (χ3v) is 7.62. The first kappa shape index (κ1) is 26.8. The molecule has 0 saturated carbocycles. The molecule has 1 amide bonds. The van der Waals surface area contributed by atoms with Gasteiger partial charge in [0.1, 0.15) is 12.4 Å². The quantitative estimate of drug-likeness (QED) is 0.188. The van der Waals surface area contributed by atoms with Crippen LogP contribution in [-0.4, -0.2) is 40.6 Å². The molecule has 1 saturated heterocycles. The largest absolute Gasteiger partial charge is 0.530 e. The van der Waals surface area contributed by atoms with Crippen molar-refractivity contribution < 1.29 is 37.6 Å². The van der Waals surface area contributed by atoms with E-state index in [9.17, 15) is 19.3 Å². The normalized spacial score (nSPS) is 21.8. The number of carbonyl (C=O) groups excluding carboxylic acids is 2. The molecule has 2 aromatic rings. The number of hydrogen-bond donors (Lipinski definition) is 1. The molecule has 0 aliphatic carbocycles. The number of esters is 1. The molecule has 2 aliphatic rings. The van der Waals surface area contributed by atoms with Crippen molar-refractivity contribution in [3.05, 3.63) is 95.9 Å². The number of fused-ring (bicyclic) bond motifs is 1. The van der Waals surface area contributed by atoms with Gasteiger partial charge >= 0.3 is 13.8 Å². The summed E-state index contributed by atoms with van der Waals surface area (Å²) in [5.41, 5.74) is 1.30. The van der Waals surface area contributed by atoms with Crippen molar-refractivity contribution in [2.45, 2.75) is 39.2 Å². The SMILES string of the molecule is C=CCOC(=O)C1=C(OP(=O)(OCc2ccccc2)OCc2ccccc2)[C@H](C)[C@@H]2[C@@H]([C@@H](C)O)C(=O)N12. The monoisotopic (exact) mass is 527 g/mol. The van der Waals surface area contributed by atoms with Crippen LogP contribution in [0.1, 0.15) is 25.0 Å². The zero-order chi connectivity index (χ0) is 26.6. The van der Waals surface area contributed by atoms with Crippen molar-refractivity contribution >= 4 is 19.7 Å². The molecule has 196 valence electrons. The van der Waals surface area contributed by atoms with Crippen LogP contribution in [0.2, 0.25) is 0 Å². The maximum absolute atomic E-state index is 14.0. The smallest absolute Gasteiger partial charge is 0.457 e.